The summed E-state index contributed by atoms with van der Waals surface area (Å²) < 4.78 is 0. The molecule has 2 rings (SSSR count). The van der Waals surface area contributed by atoms with Crippen molar-refractivity contribution >= 4 is 28.6 Å². The van der Waals surface area contributed by atoms with Crippen molar-refractivity contribution in [3.8, 4) is 10.4 Å². The van der Waals surface area contributed by atoms with Crippen molar-refractivity contribution in [2.75, 3.05) is 5.73 Å². The highest BCUT2D eigenvalue weighted by molar-refractivity contribution is 7.13. The lowest BCUT2D eigenvalue weighted by molar-refractivity contribution is 1.67. The van der Waals surface area contributed by atoms with Crippen molar-refractivity contribution in [2.45, 2.75) is 0 Å². The number of benzene rings is 1. The third-order valence-electron chi connectivity index (χ3n) is 1.80. The summed E-state index contributed by atoms with van der Waals surface area (Å²) in [5.74, 6) is 0. The van der Waals surface area contributed by atoms with Crippen LogP contribution in [0.5, 0.6) is 0 Å². The lowest BCUT2D eigenvalue weighted by atomic mass is 10.1. The van der Waals surface area contributed by atoms with E-state index in [1.54, 1.807) is 17.4 Å². The van der Waals surface area contributed by atoms with E-state index in [1.807, 2.05) is 29.6 Å². The number of thiophene rings is 1. The molecular formula is C10H8ClNS. The summed E-state index contributed by atoms with van der Waals surface area (Å²) in [7, 11) is 0. The minimum atomic E-state index is 0.720. The molecule has 0 aliphatic carbocycles. The molecule has 1 heterocycles. The first-order valence-electron chi connectivity index (χ1n) is 3.86. The molecule has 0 spiro atoms. The number of hydrogen-bond donors (Lipinski definition) is 1. The summed E-state index contributed by atoms with van der Waals surface area (Å²) in [6.45, 7) is 0. The van der Waals surface area contributed by atoms with Crippen LogP contribution in [0.2, 0.25) is 5.02 Å². The topological polar surface area (TPSA) is 26.0 Å². The zero-order valence-electron chi connectivity index (χ0n) is 6.83. The van der Waals surface area contributed by atoms with E-state index in [0.29, 0.717) is 0 Å². The van der Waals surface area contributed by atoms with Gasteiger partial charge in [-0.05, 0) is 29.6 Å². The molecule has 0 unspecified atom stereocenters. The number of anilines is 1. The third-order valence-corrected chi connectivity index (χ3v) is 2.94. The molecule has 0 bridgehead atoms. The van der Waals surface area contributed by atoms with Gasteiger partial charge in [-0.2, -0.15) is 0 Å². The van der Waals surface area contributed by atoms with Gasteiger partial charge in [0.05, 0.1) is 0 Å². The lowest BCUT2D eigenvalue weighted by Gasteiger charge is -2.02. The fourth-order valence-electron chi connectivity index (χ4n) is 1.17. The van der Waals surface area contributed by atoms with E-state index in [1.165, 1.54) is 0 Å². The maximum atomic E-state index is 5.88. The summed E-state index contributed by atoms with van der Waals surface area (Å²) in [5.41, 5.74) is 7.62. The summed E-state index contributed by atoms with van der Waals surface area (Å²) in [4.78, 5) is 1.15. The van der Waals surface area contributed by atoms with Crippen LogP contribution in [0, 0.1) is 0 Å². The fourth-order valence-corrected chi connectivity index (χ4v) is 2.11. The van der Waals surface area contributed by atoms with E-state index >= 15 is 0 Å². The predicted molar refractivity (Wildman–Crippen MR) is 59.2 cm³/mol. The Bertz CT molecular complexity index is 409. The van der Waals surface area contributed by atoms with Crippen LogP contribution >= 0.6 is 22.9 Å². The van der Waals surface area contributed by atoms with Gasteiger partial charge in [-0.25, -0.2) is 0 Å². The normalized spacial score (nSPS) is 10.2. The zero-order chi connectivity index (χ0) is 9.26. The second-order valence-corrected chi connectivity index (χ2v) is 4.09. The largest absolute Gasteiger partial charge is 0.398 e. The van der Waals surface area contributed by atoms with Crippen LogP contribution in [0.15, 0.2) is 35.7 Å². The van der Waals surface area contributed by atoms with E-state index in [4.69, 9.17) is 17.3 Å². The molecule has 1 aromatic carbocycles. The SMILES string of the molecule is Nc1ccc(Cl)cc1-c1cccs1. The number of halogens is 1. The van der Waals surface area contributed by atoms with Gasteiger partial charge in [0.25, 0.3) is 0 Å². The molecule has 1 aromatic heterocycles. The molecule has 3 heteroatoms. The minimum absolute atomic E-state index is 0.720. The lowest BCUT2D eigenvalue weighted by Crippen LogP contribution is -1.87. The van der Waals surface area contributed by atoms with Crippen LogP contribution in [-0.2, 0) is 0 Å². The second-order valence-electron chi connectivity index (χ2n) is 2.71. The highest BCUT2D eigenvalue weighted by atomic mass is 35.5. The Morgan fingerprint density at radius 3 is 2.77 bits per heavy atom. The van der Waals surface area contributed by atoms with Crippen LogP contribution in [0.1, 0.15) is 0 Å². The second kappa shape index (κ2) is 3.40. The number of hydrogen-bond acceptors (Lipinski definition) is 2. The molecule has 2 N–H and O–H groups in total. The third kappa shape index (κ3) is 1.69. The van der Waals surface area contributed by atoms with Gasteiger partial charge >= 0.3 is 0 Å². The van der Waals surface area contributed by atoms with Crippen molar-refractivity contribution in [1.82, 2.24) is 0 Å². The molecule has 0 aliphatic heterocycles. The molecule has 13 heavy (non-hydrogen) atoms. The molecule has 0 saturated heterocycles. The molecule has 1 nitrogen and oxygen atoms in total. The molecule has 0 fully saturated rings. The van der Waals surface area contributed by atoms with E-state index in [0.717, 1.165) is 21.2 Å². The van der Waals surface area contributed by atoms with Crippen LogP contribution in [0.4, 0.5) is 5.69 Å². The average Bonchev–Trinajstić information content (AvgIpc) is 2.61. The van der Waals surface area contributed by atoms with Crippen molar-refractivity contribution in [2.24, 2.45) is 0 Å². The maximum Gasteiger partial charge on any atom is 0.0413 e. The van der Waals surface area contributed by atoms with Gasteiger partial charge in [-0.3, -0.25) is 0 Å². The Hall–Kier alpha value is -0.990. The van der Waals surface area contributed by atoms with E-state index in [2.05, 4.69) is 0 Å². The molecule has 0 saturated carbocycles. The summed E-state index contributed by atoms with van der Waals surface area (Å²) in [5, 5.41) is 2.74. The maximum absolute atomic E-state index is 5.88. The predicted octanol–water partition coefficient (Wildman–Crippen LogP) is 3.65. The molecule has 66 valence electrons. The van der Waals surface area contributed by atoms with Gasteiger partial charge < -0.3 is 5.73 Å². The Morgan fingerprint density at radius 2 is 2.08 bits per heavy atom. The summed E-state index contributed by atoms with van der Waals surface area (Å²) in [6.07, 6.45) is 0. The number of nitrogen functional groups attached to an aromatic ring is 1. The molecule has 0 radical (unpaired) electrons. The molecular weight excluding hydrogens is 202 g/mol. The van der Waals surface area contributed by atoms with Crippen LogP contribution in [0.3, 0.4) is 0 Å². The molecule has 0 aliphatic rings. The molecule has 0 atom stereocenters. The Balaban J connectivity index is 2.57. The Kier molecular flexibility index (Phi) is 2.25. The monoisotopic (exact) mass is 209 g/mol. The minimum Gasteiger partial charge on any atom is -0.398 e. The summed E-state index contributed by atoms with van der Waals surface area (Å²) >= 11 is 7.54. The molecule has 0 amide bonds. The van der Waals surface area contributed by atoms with Crippen LogP contribution in [-0.4, -0.2) is 0 Å². The highest BCUT2D eigenvalue weighted by Gasteiger charge is 2.03. The van der Waals surface area contributed by atoms with Crippen molar-refractivity contribution < 1.29 is 0 Å². The smallest absolute Gasteiger partial charge is 0.0413 e. The Labute approximate surface area is 85.8 Å². The zero-order valence-corrected chi connectivity index (χ0v) is 8.40. The van der Waals surface area contributed by atoms with E-state index in [9.17, 15) is 0 Å². The highest BCUT2D eigenvalue weighted by Crippen LogP contribution is 2.31. The number of rotatable bonds is 1. The summed E-state index contributed by atoms with van der Waals surface area (Å²) in [6, 6.07) is 9.56. The van der Waals surface area contributed by atoms with Gasteiger partial charge in [0.1, 0.15) is 0 Å². The van der Waals surface area contributed by atoms with Crippen LogP contribution in [0.25, 0.3) is 10.4 Å². The van der Waals surface area contributed by atoms with Crippen molar-refractivity contribution in [3.63, 3.8) is 0 Å². The average molecular weight is 210 g/mol. The first-order chi connectivity index (χ1) is 6.27. The van der Waals surface area contributed by atoms with Gasteiger partial charge in [-0.1, -0.05) is 17.7 Å². The molecule has 2 aromatic rings. The van der Waals surface area contributed by atoms with Crippen molar-refractivity contribution in [3.05, 3.63) is 40.7 Å². The first-order valence-corrected chi connectivity index (χ1v) is 5.12. The van der Waals surface area contributed by atoms with Gasteiger partial charge in [0, 0.05) is 21.2 Å². The van der Waals surface area contributed by atoms with Gasteiger partial charge in [0.15, 0.2) is 0 Å². The van der Waals surface area contributed by atoms with Gasteiger partial charge in [0.2, 0.25) is 0 Å². The Morgan fingerprint density at radius 1 is 1.23 bits per heavy atom. The van der Waals surface area contributed by atoms with E-state index < -0.39 is 0 Å². The van der Waals surface area contributed by atoms with Gasteiger partial charge in [-0.15, -0.1) is 11.3 Å². The fraction of sp³-hybridized carbons (Fsp3) is 0. The quantitative estimate of drug-likeness (QED) is 0.713. The van der Waals surface area contributed by atoms with E-state index in [-0.39, 0.29) is 0 Å². The standard InChI is InChI=1S/C10H8ClNS/c11-7-3-4-9(12)8(6-7)10-2-1-5-13-10/h1-6H,12H2. The number of nitrogens with two attached hydrogens (primary N) is 1. The van der Waals surface area contributed by atoms with Crippen LogP contribution < -0.4 is 5.73 Å². The first kappa shape index (κ1) is 8.60. The van der Waals surface area contributed by atoms with Crippen molar-refractivity contribution in [1.29, 1.82) is 0 Å².